The van der Waals surface area contributed by atoms with Crippen molar-refractivity contribution >= 4 is 5.91 Å². The Balaban J connectivity index is 1.78. The predicted octanol–water partition coefficient (Wildman–Crippen LogP) is 3.61. The van der Waals surface area contributed by atoms with Gasteiger partial charge in [0, 0.05) is 26.0 Å². The third-order valence-corrected chi connectivity index (χ3v) is 4.81. The number of imidazole rings is 1. The number of benzene rings is 1. The Labute approximate surface area is 160 Å². The maximum Gasteiger partial charge on any atom is 0.270 e. The van der Waals surface area contributed by atoms with Crippen molar-refractivity contribution in [3.05, 3.63) is 71.6 Å². The molecular weight excluding hydrogens is 338 g/mol. The maximum absolute atomic E-state index is 12.9. The summed E-state index contributed by atoms with van der Waals surface area (Å²) in [6.45, 7) is 6.92. The molecule has 1 amide bonds. The fraction of sp³-hybridized carbons (Fsp3) is 0.381. The van der Waals surface area contributed by atoms with E-state index in [2.05, 4.69) is 45.9 Å². The van der Waals surface area contributed by atoms with Crippen molar-refractivity contribution in [2.75, 3.05) is 0 Å². The third kappa shape index (κ3) is 4.45. The number of amides is 1. The van der Waals surface area contributed by atoms with E-state index in [1.165, 1.54) is 0 Å². The SMILES string of the molecule is Cc1nccn1CC[C@@H](NC(=O)c1cc(C(C)C)nn1C)c1ccccc1. The summed E-state index contributed by atoms with van der Waals surface area (Å²) in [7, 11) is 1.81. The van der Waals surface area contributed by atoms with E-state index < -0.39 is 0 Å². The molecule has 2 aromatic heterocycles. The summed E-state index contributed by atoms with van der Waals surface area (Å²) < 4.78 is 3.76. The topological polar surface area (TPSA) is 64.7 Å². The van der Waals surface area contributed by atoms with E-state index in [9.17, 15) is 4.79 Å². The van der Waals surface area contributed by atoms with Gasteiger partial charge in [-0.1, -0.05) is 44.2 Å². The lowest BCUT2D eigenvalue weighted by Gasteiger charge is -2.20. The van der Waals surface area contributed by atoms with Gasteiger partial charge in [-0.05, 0) is 30.9 Å². The highest BCUT2D eigenvalue weighted by Gasteiger charge is 2.20. The molecule has 0 spiro atoms. The molecule has 1 N–H and O–H groups in total. The zero-order valence-corrected chi connectivity index (χ0v) is 16.4. The van der Waals surface area contributed by atoms with Gasteiger partial charge in [-0.15, -0.1) is 0 Å². The monoisotopic (exact) mass is 365 g/mol. The van der Waals surface area contributed by atoms with Gasteiger partial charge < -0.3 is 9.88 Å². The quantitative estimate of drug-likeness (QED) is 0.696. The standard InChI is InChI=1S/C21H27N5O/c1-15(2)19-14-20(25(4)24-19)21(27)23-18(17-8-6-5-7-9-17)10-12-26-13-11-22-16(26)3/h5-9,11,13-15,18H,10,12H2,1-4H3,(H,23,27)/t18-/m1/s1. The summed E-state index contributed by atoms with van der Waals surface area (Å²) in [5.74, 6) is 1.15. The molecule has 6 nitrogen and oxygen atoms in total. The highest BCUT2D eigenvalue weighted by molar-refractivity contribution is 5.93. The minimum Gasteiger partial charge on any atom is -0.344 e. The minimum atomic E-state index is -0.104. The Morgan fingerprint density at radius 2 is 1.96 bits per heavy atom. The number of hydrogen-bond donors (Lipinski definition) is 1. The number of aryl methyl sites for hydroxylation is 3. The molecule has 0 bridgehead atoms. The fourth-order valence-corrected chi connectivity index (χ4v) is 3.13. The first-order chi connectivity index (χ1) is 13.0. The Kier molecular flexibility index (Phi) is 5.74. The molecule has 0 radical (unpaired) electrons. The van der Waals surface area contributed by atoms with Crippen molar-refractivity contribution in [2.24, 2.45) is 7.05 Å². The van der Waals surface area contributed by atoms with Crippen LogP contribution in [0, 0.1) is 6.92 Å². The molecule has 0 fully saturated rings. The van der Waals surface area contributed by atoms with Gasteiger partial charge in [0.15, 0.2) is 0 Å². The second kappa shape index (κ2) is 8.20. The van der Waals surface area contributed by atoms with Gasteiger partial charge >= 0.3 is 0 Å². The molecular formula is C21H27N5O. The van der Waals surface area contributed by atoms with Crippen LogP contribution in [0.25, 0.3) is 0 Å². The van der Waals surface area contributed by atoms with E-state index in [4.69, 9.17) is 0 Å². The minimum absolute atomic E-state index is 0.0853. The number of aromatic nitrogens is 4. The lowest BCUT2D eigenvalue weighted by atomic mass is 10.0. The maximum atomic E-state index is 12.9. The Morgan fingerprint density at radius 3 is 2.56 bits per heavy atom. The smallest absolute Gasteiger partial charge is 0.270 e. The first kappa shape index (κ1) is 18.9. The molecule has 27 heavy (non-hydrogen) atoms. The number of nitrogens with one attached hydrogen (secondary N) is 1. The molecule has 3 aromatic rings. The molecule has 1 atom stereocenters. The number of carbonyl (C=O) groups excluding carboxylic acids is 1. The van der Waals surface area contributed by atoms with Crippen molar-refractivity contribution in [3.8, 4) is 0 Å². The summed E-state index contributed by atoms with van der Waals surface area (Å²) in [4.78, 5) is 17.2. The van der Waals surface area contributed by atoms with Gasteiger partial charge in [0.05, 0.1) is 11.7 Å². The zero-order valence-electron chi connectivity index (χ0n) is 16.4. The van der Waals surface area contributed by atoms with E-state index in [-0.39, 0.29) is 17.9 Å². The first-order valence-corrected chi connectivity index (χ1v) is 9.33. The van der Waals surface area contributed by atoms with Crippen LogP contribution < -0.4 is 5.32 Å². The van der Waals surface area contributed by atoms with Crippen LogP contribution >= 0.6 is 0 Å². The Hall–Kier alpha value is -2.89. The molecule has 142 valence electrons. The molecule has 6 heteroatoms. The molecule has 2 heterocycles. The summed E-state index contributed by atoms with van der Waals surface area (Å²) >= 11 is 0. The van der Waals surface area contributed by atoms with Crippen LogP contribution in [0.4, 0.5) is 0 Å². The van der Waals surface area contributed by atoms with Gasteiger partial charge in [0.1, 0.15) is 11.5 Å². The van der Waals surface area contributed by atoms with Crippen LogP contribution in [0.3, 0.4) is 0 Å². The van der Waals surface area contributed by atoms with E-state index in [0.717, 1.165) is 30.0 Å². The largest absolute Gasteiger partial charge is 0.344 e. The van der Waals surface area contributed by atoms with Crippen LogP contribution in [0.5, 0.6) is 0 Å². The Morgan fingerprint density at radius 1 is 1.22 bits per heavy atom. The molecule has 0 unspecified atom stereocenters. The summed E-state index contributed by atoms with van der Waals surface area (Å²) in [5, 5.41) is 7.64. The highest BCUT2D eigenvalue weighted by atomic mass is 16.2. The highest BCUT2D eigenvalue weighted by Crippen LogP contribution is 2.20. The van der Waals surface area contributed by atoms with Crippen molar-refractivity contribution in [1.82, 2.24) is 24.6 Å². The average molecular weight is 365 g/mol. The van der Waals surface area contributed by atoms with Gasteiger partial charge in [-0.25, -0.2) is 4.98 Å². The molecule has 3 rings (SSSR count). The van der Waals surface area contributed by atoms with Crippen LogP contribution in [-0.4, -0.2) is 25.2 Å². The number of hydrogen-bond acceptors (Lipinski definition) is 3. The van der Waals surface area contributed by atoms with E-state index in [1.807, 2.05) is 44.4 Å². The molecule has 0 saturated carbocycles. The van der Waals surface area contributed by atoms with Crippen LogP contribution in [0.1, 0.15) is 59.8 Å². The predicted molar refractivity (Wildman–Crippen MR) is 106 cm³/mol. The van der Waals surface area contributed by atoms with Gasteiger partial charge in [-0.3, -0.25) is 9.48 Å². The van der Waals surface area contributed by atoms with Gasteiger partial charge in [0.25, 0.3) is 5.91 Å². The lowest BCUT2D eigenvalue weighted by molar-refractivity contribution is 0.0924. The molecule has 0 saturated heterocycles. The van der Waals surface area contributed by atoms with Crippen molar-refractivity contribution in [2.45, 2.75) is 45.7 Å². The number of rotatable bonds is 7. The average Bonchev–Trinajstić information content (AvgIpc) is 3.25. The van der Waals surface area contributed by atoms with Crippen LogP contribution in [0.15, 0.2) is 48.8 Å². The second-order valence-corrected chi connectivity index (χ2v) is 7.13. The summed E-state index contributed by atoms with van der Waals surface area (Å²) in [5.41, 5.74) is 2.60. The van der Waals surface area contributed by atoms with E-state index in [0.29, 0.717) is 5.69 Å². The summed E-state index contributed by atoms with van der Waals surface area (Å²) in [6, 6.07) is 11.9. The van der Waals surface area contributed by atoms with Gasteiger partial charge in [-0.2, -0.15) is 5.10 Å². The van der Waals surface area contributed by atoms with E-state index in [1.54, 1.807) is 10.9 Å². The molecule has 0 aliphatic rings. The van der Waals surface area contributed by atoms with E-state index >= 15 is 0 Å². The Bertz CT molecular complexity index is 894. The zero-order chi connectivity index (χ0) is 19.4. The molecule has 0 aliphatic carbocycles. The lowest BCUT2D eigenvalue weighted by Crippen LogP contribution is -2.30. The normalized spacial score (nSPS) is 12.3. The van der Waals surface area contributed by atoms with Crippen molar-refractivity contribution in [1.29, 1.82) is 0 Å². The van der Waals surface area contributed by atoms with Crippen LogP contribution in [-0.2, 0) is 13.6 Å². The molecule has 1 aromatic carbocycles. The molecule has 0 aliphatic heterocycles. The van der Waals surface area contributed by atoms with Crippen LogP contribution in [0.2, 0.25) is 0 Å². The number of carbonyl (C=O) groups is 1. The second-order valence-electron chi connectivity index (χ2n) is 7.13. The summed E-state index contributed by atoms with van der Waals surface area (Å²) in [6.07, 6.45) is 4.55. The fourth-order valence-electron chi connectivity index (χ4n) is 3.13. The van der Waals surface area contributed by atoms with Crippen molar-refractivity contribution in [3.63, 3.8) is 0 Å². The number of nitrogens with zero attached hydrogens (tertiary/aromatic N) is 4. The third-order valence-electron chi connectivity index (χ3n) is 4.81. The van der Waals surface area contributed by atoms with Gasteiger partial charge in [0.2, 0.25) is 0 Å². The van der Waals surface area contributed by atoms with Crippen molar-refractivity contribution < 1.29 is 4.79 Å². The first-order valence-electron chi connectivity index (χ1n) is 9.33.